The molecule has 114 valence electrons. The van der Waals surface area contributed by atoms with Crippen LogP contribution in [-0.2, 0) is 22.8 Å². The Balaban J connectivity index is 2.51. The zero-order valence-electron chi connectivity index (χ0n) is 12.3. The van der Waals surface area contributed by atoms with Crippen LogP contribution >= 0.6 is 0 Å². The topological polar surface area (TPSA) is 85.4 Å². The number of primary sulfonamides is 1. The summed E-state index contributed by atoms with van der Waals surface area (Å²) in [6, 6.07) is 5.25. The summed E-state index contributed by atoms with van der Waals surface area (Å²) in [5, 5.41) is 5.83. The molecule has 7 heteroatoms. The Morgan fingerprint density at radius 2 is 2.00 bits per heavy atom. The van der Waals surface area contributed by atoms with Crippen LogP contribution < -0.4 is 5.14 Å². The smallest absolute Gasteiger partial charge is 0.213 e. The number of aryl methyl sites for hydroxylation is 1. The van der Waals surface area contributed by atoms with Crippen molar-refractivity contribution < 1.29 is 13.2 Å². The monoisotopic (exact) mass is 309 g/mol. The third-order valence-electron chi connectivity index (χ3n) is 3.18. The van der Waals surface area contributed by atoms with Crippen LogP contribution in [0.5, 0.6) is 0 Å². The van der Waals surface area contributed by atoms with Crippen molar-refractivity contribution in [1.29, 1.82) is 0 Å². The zero-order chi connectivity index (χ0) is 15.8. The predicted octanol–water partition coefficient (Wildman–Crippen LogP) is 0.711. The first-order chi connectivity index (χ1) is 9.67. The van der Waals surface area contributed by atoms with Gasteiger partial charge in [-0.05, 0) is 31.8 Å². The number of aromatic nitrogens is 1. The van der Waals surface area contributed by atoms with E-state index in [-0.39, 0.29) is 11.5 Å². The first-order valence-corrected chi connectivity index (χ1v) is 8.15. The SMILES string of the molecule is CN(C)CC(=O)c1cn(C)c2ccc(CS(N)(=O)=O)cc12. The normalized spacial score (nSPS) is 12.2. The number of rotatable bonds is 5. The lowest BCUT2D eigenvalue weighted by atomic mass is 10.1. The van der Waals surface area contributed by atoms with Crippen LogP contribution in [0.3, 0.4) is 0 Å². The lowest BCUT2D eigenvalue weighted by Gasteiger charge is -2.07. The molecular formula is C14H19N3O3S. The molecule has 0 radical (unpaired) electrons. The molecule has 1 heterocycles. The number of fused-ring (bicyclic) bond motifs is 1. The zero-order valence-corrected chi connectivity index (χ0v) is 13.1. The number of ketones is 1. The second kappa shape index (κ2) is 5.59. The van der Waals surface area contributed by atoms with Gasteiger partial charge in [-0.3, -0.25) is 4.79 Å². The molecule has 0 aliphatic carbocycles. The molecule has 0 amide bonds. The van der Waals surface area contributed by atoms with E-state index >= 15 is 0 Å². The van der Waals surface area contributed by atoms with Crippen LogP contribution in [0.15, 0.2) is 24.4 Å². The summed E-state index contributed by atoms with van der Waals surface area (Å²) in [6.45, 7) is 0.304. The molecule has 0 saturated heterocycles. The van der Waals surface area contributed by atoms with Gasteiger partial charge < -0.3 is 9.47 Å². The van der Waals surface area contributed by atoms with Crippen molar-refractivity contribution in [3.63, 3.8) is 0 Å². The molecule has 0 saturated carbocycles. The first kappa shape index (κ1) is 15.7. The summed E-state index contributed by atoms with van der Waals surface area (Å²) >= 11 is 0. The van der Waals surface area contributed by atoms with Gasteiger partial charge in [-0.1, -0.05) is 6.07 Å². The number of carbonyl (C=O) groups excluding carboxylic acids is 1. The van der Waals surface area contributed by atoms with E-state index in [4.69, 9.17) is 5.14 Å². The maximum absolute atomic E-state index is 12.3. The van der Waals surface area contributed by atoms with Gasteiger partial charge in [-0.25, -0.2) is 13.6 Å². The Morgan fingerprint density at radius 1 is 1.33 bits per heavy atom. The number of hydrogen-bond donors (Lipinski definition) is 1. The van der Waals surface area contributed by atoms with Crippen LogP contribution in [-0.4, -0.2) is 44.3 Å². The molecule has 0 fully saturated rings. The van der Waals surface area contributed by atoms with E-state index in [1.807, 2.05) is 31.8 Å². The summed E-state index contributed by atoms with van der Waals surface area (Å²) in [5.41, 5.74) is 2.06. The molecule has 2 rings (SSSR count). The van der Waals surface area contributed by atoms with Gasteiger partial charge in [0.2, 0.25) is 10.0 Å². The first-order valence-electron chi connectivity index (χ1n) is 6.44. The number of likely N-dealkylation sites (N-methyl/N-ethyl adjacent to an activating group) is 1. The molecule has 2 N–H and O–H groups in total. The largest absolute Gasteiger partial charge is 0.350 e. The molecule has 0 bridgehead atoms. The van der Waals surface area contributed by atoms with Gasteiger partial charge in [-0.2, -0.15) is 0 Å². The van der Waals surface area contributed by atoms with Crippen LogP contribution in [0, 0.1) is 0 Å². The number of nitrogens with two attached hydrogens (primary N) is 1. The fraction of sp³-hybridized carbons (Fsp3) is 0.357. The highest BCUT2D eigenvalue weighted by Gasteiger charge is 2.16. The van der Waals surface area contributed by atoms with E-state index in [0.29, 0.717) is 17.7 Å². The molecule has 0 unspecified atom stereocenters. The second-order valence-corrected chi connectivity index (χ2v) is 7.09. The molecule has 21 heavy (non-hydrogen) atoms. The van der Waals surface area contributed by atoms with E-state index in [1.54, 1.807) is 23.2 Å². The Morgan fingerprint density at radius 3 is 2.57 bits per heavy atom. The fourth-order valence-electron chi connectivity index (χ4n) is 2.36. The molecular weight excluding hydrogens is 290 g/mol. The van der Waals surface area contributed by atoms with E-state index in [0.717, 1.165) is 10.9 Å². The summed E-state index contributed by atoms with van der Waals surface area (Å²) < 4.78 is 24.3. The van der Waals surface area contributed by atoms with E-state index < -0.39 is 10.0 Å². The highest BCUT2D eigenvalue weighted by molar-refractivity contribution is 7.88. The van der Waals surface area contributed by atoms with Gasteiger partial charge >= 0.3 is 0 Å². The maximum atomic E-state index is 12.3. The average Bonchev–Trinajstić information content (AvgIpc) is 2.63. The lowest BCUT2D eigenvalue weighted by Crippen LogP contribution is -2.21. The van der Waals surface area contributed by atoms with Crippen molar-refractivity contribution in [1.82, 2.24) is 9.47 Å². The lowest BCUT2D eigenvalue weighted by molar-refractivity contribution is 0.0959. The van der Waals surface area contributed by atoms with Crippen LogP contribution in [0.1, 0.15) is 15.9 Å². The van der Waals surface area contributed by atoms with E-state index in [9.17, 15) is 13.2 Å². The van der Waals surface area contributed by atoms with Crippen molar-refractivity contribution in [2.45, 2.75) is 5.75 Å². The van der Waals surface area contributed by atoms with E-state index in [1.165, 1.54) is 0 Å². The van der Waals surface area contributed by atoms with E-state index in [2.05, 4.69) is 0 Å². The Bertz CT molecular complexity index is 791. The summed E-state index contributed by atoms with van der Waals surface area (Å²) in [5.74, 6) is -0.238. The Hall–Kier alpha value is -1.70. The highest BCUT2D eigenvalue weighted by atomic mass is 32.2. The fourth-order valence-corrected chi connectivity index (χ4v) is 3.00. The molecule has 2 aromatic rings. The third kappa shape index (κ3) is 3.69. The van der Waals surface area contributed by atoms with Gasteiger partial charge in [0.1, 0.15) is 0 Å². The molecule has 0 aliphatic heterocycles. The summed E-state index contributed by atoms with van der Waals surface area (Å²) in [7, 11) is 1.92. The van der Waals surface area contributed by atoms with Crippen molar-refractivity contribution >= 4 is 26.7 Å². The summed E-state index contributed by atoms with van der Waals surface area (Å²) in [4.78, 5) is 14.1. The molecule has 0 spiro atoms. The van der Waals surface area contributed by atoms with Crippen molar-refractivity contribution in [2.24, 2.45) is 12.2 Å². The summed E-state index contributed by atoms with van der Waals surface area (Å²) in [6.07, 6.45) is 1.78. The van der Waals surface area contributed by atoms with Crippen molar-refractivity contribution in [3.8, 4) is 0 Å². The molecule has 0 atom stereocenters. The number of Topliss-reactive ketones (excluding diaryl/α,β-unsaturated/α-hetero) is 1. The van der Waals surface area contributed by atoms with Gasteiger partial charge in [0.05, 0.1) is 12.3 Å². The highest BCUT2D eigenvalue weighted by Crippen LogP contribution is 2.23. The molecule has 1 aromatic heterocycles. The number of carbonyl (C=O) groups is 1. The minimum atomic E-state index is -3.59. The van der Waals surface area contributed by atoms with Crippen LogP contribution in [0.25, 0.3) is 10.9 Å². The van der Waals surface area contributed by atoms with Gasteiger partial charge in [0, 0.05) is 29.7 Å². The van der Waals surface area contributed by atoms with Crippen LogP contribution in [0.4, 0.5) is 0 Å². The third-order valence-corrected chi connectivity index (χ3v) is 3.92. The Labute approximate surface area is 124 Å². The second-order valence-electron chi connectivity index (χ2n) is 5.47. The minimum absolute atomic E-state index is 0.00152. The van der Waals surface area contributed by atoms with Crippen molar-refractivity contribution in [3.05, 3.63) is 35.5 Å². The van der Waals surface area contributed by atoms with Gasteiger partial charge in [0.25, 0.3) is 0 Å². The Kier molecular flexibility index (Phi) is 4.18. The minimum Gasteiger partial charge on any atom is -0.350 e. The number of benzene rings is 1. The average molecular weight is 309 g/mol. The molecule has 1 aromatic carbocycles. The van der Waals surface area contributed by atoms with Crippen molar-refractivity contribution in [2.75, 3.05) is 20.6 Å². The maximum Gasteiger partial charge on any atom is 0.213 e. The van der Waals surface area contributed by atoms with Gasteiger partial charge in [-0.15, -0.1) is 0 Å². The molecule has 0 aliphatic rings. The number of sulfonamides is 1. The predicted molar refractivity (Wildman–Crippen MR) is 82.6 cm³/mol. The number of nitrogens with zero attached hydrogens (tertiary/aromatic N) is 2. The number of hydrogen-bond acceptors (Lipinski definition) is 4. The quantitative estimate of drug-likeness (QED) is 0.824. The van der Waals surface area contributed by atoms with Gasteiger partial charge in [0.15, 0.2) is 5.78 Å². The molecule has 6 nitrogen and oxygen atoms in total. The van der Waals surface area contributed by atoms with Crippen LogP contribution in [0.2, 0.25) is 0 Å². The standard InChI is InChI=1S/C14H19N3O3S/c1-16(2)8-14(18)12-7-17(3)13-5-4-10(6-11(12)13)9-21(15,19)20/h4-7H,8-9H2,1-3H3,(H2,15,19,20).